The van der Waals surface area contributed by atoms with Gasteiger partial charge >= 0.3 is 0 Å². The SMILES string of the molecule is CCOc1cccc([C@@H]([NH3+])CC(=O)[O-])c1. The molecule has 0 aliphatic rings. The molecule has 0 radical (unpaired) electrons. The average molecular weight is 209 g/mol. The highest BCUT2D eigenvalue weighted by molar-refractivity contribution is 5.65. The van der Waals surface area contributed by atoms with Gasteiger partial charge in [0, 0.05) is 18.0 Å². The third-order valence-corrected chi connectivity index (χ3v) is 2.05. The van der Waals surface area contributed by atoms with Gasteiger partial charge in [0.15, 0.2) is 0 Å². The molecule has 0 aromatic heterocycles. The highest BCUT2D eigenvalue weighted by Gasteiger charge is 2.10. The van der Waals surface area contributed by atoms with Gasteiger partial charge < -0.3 is 20.4 Å². The van der Waals surface area contributed by atoms with Crippen molar-refractivity contribution in [1.82, 2.24) is 0 Å². The van der Waals surface area contributed by atoms with Crippen molar-refractivity contribution in [2.75, 3.05) is 6.61 Å². The number of carbonyl (C=O) groups is 1. The summed E-state index contributed by atoms with van der Waals surface area (Å²) in [7, 11) is 0. The van der Waals surface area contributed by atoms with E-state index in [0.29, 0.717) is 6.61 Å². The normalized spacial score (nSPS) is 12.1. The molecule has 0 spiro atoms. The lowest BCUT2D eigenvalue weighted by Gasteiger charge is -2.11. The van der Waals surface area contributed by atoms with Crippen molar-refractivity contribution in [1.29, 1.82) is 0 Å². The minimum atomic E-state index is -1.09. The van der Waals surface area contributed by atoms with Crippen LogP contribution in [0.25, 0.3) is 0 Å². The molecular weight excluding hydrogens is 194 g/mol. The van der Waals surface area contributed by atoms with Crippen molar-refractivity contribution in [3.05, 3.63) is 29.8 Å². The van der Waals surface area contributed by atoms with Gasteiger partial charge in [0.25, 0.3) is 0 Å². The van der Waals surface area contributed by atoms with Crippen LogP contribution in [0.2, 0.25) is 0 Å². The van der Waals surface area contributed by atoms with E-state index in [1.54, 1.807) is 0 Å². The summed E-state index contributed by atoms with van der Waals surface area (Å²) in [4.78, 5) is 10.4. The van der Waals surface area contributed by atoms with Crippen molar-refractivity contribution in [2.24, 2.45) is 0 Å². The number of carboxylic acids is 1. The lowest BCUT2D eigenvalue weighted by molar-refractivity contribution is -0.430. The van der Waals surface area contributed by atoms with Crippen LogP contribution in [0.4, 0.5) is 0 Å². The van der Waals surface area contributed by atoms with Crippen LogP contribution >= 0.6 is 0 Å². The van der Waals surface area contributed by atoms with Crippen LogP contribution in [-0.4, -0.2) is 12.6 Å². The largest absolute Gasteiger partial charge is 0.550 e. The van der Waals surface area contributed by atoms with Crippen molar-refractivity contribution in [3.63, 3.8) is 0 Å². The number of ether oxygens (including phenoxy) is 1. The summed E-state index contributed by atoms with van der Waals surface area (Å²) >= 11 is 0. The van der Waals surface area contributed by atoms with Crippen LogP contribution < -0.4 is 15.6 Å². The van der Waals surface area contributed by atoms with Gasteiger partial charge in [0.1, 0.15) is 11.8 Å². The number of quaternary nitrogens is 1. The first kappa shape index (κ1) is 11.5. The molecule has 1 rings (SSSR count). The summed E-state index contributed by atoms with van der Waals surface area (Å²) in [6.07, 6.45) is -0.0738. The Morgan fingerprint density at radius 2 is 2.33 bits per heavy atom. The van der Waals surface area contributed by atoms with E-state index in [4.69, 9.17) is 4.74 Å². The molecule has 4 nitrogen and oxygen atoms in total. The Morgan fingerprint density at radius 1 is 1.60 bits per heavy atom. The molecule has 1 aromatic carbocycles. The summed E-state index contributed by atoms with van der Waals surface area (Å²) in [5.41, 5.74) is 4.63. The Kier molecular flexibility index (Phi) is 4.12. The fraction of sp³-hybridized carbons (Fsp3) is 0.364. The first-order valence-electron chi connectivity index (χ1n) is 4.89. The van der Waals surface area contributed by atoms with Crippen molar-refractivity contribution < 1.29 is 20.4 Å². The topological polar surface area (TPSA) is 77.0 Å². The van der Waals surface area contributed by atoms with Crippen molar-refractivity contribution >= 4 is 5.97 Å². The van der Waals surface area contributed by atoms with E-state index >= 15 is 0 Å². The second-order valence-electron chi connectivity index (χ2n) is 3.28. The van der Waals surface area contributed by atoms with Crippen LogP contribution in [0.15, 0.2) is 24.3 Å². The molecule has 1 atom stereocenters. The lowest BCUT2D eigenvalue weighted by Crippen LogP contribution is -2.55. The molecule has 3 N–H and O–H groups in total. The van der Waals surface area contributed by atoms with Crippen molar-refractivity contribution in [3.8, 4) is 5.75 Å². The predicted octanol–water partition coefficient (Wildman–Crippen LogP) is -0.492. The Morgan fingerprint density at radius 3 is 2.93 bits per heavy atom. The number of aliphatic carboxylic acids is 1. The van der Waals surface area contributed by atoms with E-state index in [9.17, 15) is 9.90 Å². The molecule has 1 aromatic rings. The number of hydrogen-bond acceptors (Lipinski definition) is 3. The molecule has 0 unspecified atom stereocenters. The third kappa shape index (κ3) is 3.59. The summed E-state index contributed by atoms with van der Waals surface area (Å²) in [5.74, 6) is -0.348. The Labute approximate surface area is 88.7 Å². The number of carboxylic acid groups (broad SMARTS) is 1. The van der Waals surface area contributed by atoms with Crippen LogP contribution in [0, 0.1) is 0 Å². The molecule has 0 fully saturated rings. The maximum Gasteiger partial charge on any atom is 0.119 e. The van der Waals surface area contributed by atoms with Gasteiger partial charge in [-0.1, -0.05) is 12.1 Å². The molecule has 82 valence electrons. The minimum Gasteiger partial charge on any atom is -0.550 e. The van der Waals surface area contributed by atoms with Gasteiger partial charge in [-0.2, -0.15) is 0 Å². The smallest absolute Gasteiger partial charge is 0.119 e. The number of rotatable bonds is 5. The summed E-state index contributed by atoms with van der Waals surface area (Å²) < 4.78 is 5.31. The van der Waals surface area contributed by atoms with Crippen LogP contribution in [-0.2, 0) is 4.79 Å². The fourth-order valence-corrected chi connectivity index (χ4v) is 1.34. The zero-order valence-corrected chi connectivity index (χ0v) is 8.73. The highest BCUT2D eigenvalue weighted by Crippen LogP contribution is 2.18. The number of carbonyl (C=O) groups excluding carboxylic acids is 1. The molecule has 0 heterocycles. The third-order valence-electron chi connectivity index (χ3n) is 2.05. The quantitative estimate of drug-likeness (QED) is 0.710. The summed E-state index contributed by atoms with van der Waals surface area (Å²) in [6.45, 7) is 2.49. The predicted molar refractivity (Wildman–Crippen MR) is 52.9 cm³/mol. The van der Waals surface area contributed by atoms with E-state index in [1.807, 2.05) is 31.2 Å². The zero-order chi connectivity index (χ0) is 11.3. The van der Waals surface area contributed by atoms with E-state index in [0.717, 1.165) is 11.3 Å². The Bertz CT molecular complexity index is 338. The van der Waals surface area contributed by atoms with Crippen LogP contribution in [0.3, 0.4) is 0 Å². The molecule has 0 saturated heterocycles. The monoisotopic (exact) mass is 209 g/mol. The van der Waals surface area contributed by atoms with Gasteiger partial charge in [0.05, 0.1) is 6.61 Å². The second-order valence-corrected chi connectivity index (χ2v) is 3.28. The standard InChI is InChI=1S/C11H15NO3/c1-2-15-9-5-3-4-8(6-9)10(12)7-11(13)14/h3-6,10H,2,7,12H2,1H3,(H,13,14)/t10-/m0/s1. The van der Waals surface area contributed by atoms with E-state index in [1.165, 1.54) is 0 Å². The average Bonchev–Trinajstić information content (AvgIpc) is 2.17. The summed E-state index contributed by atoms with van der Waals surface area (Å²) in [5, 5.41) is 10.4. The fourth-order valence-electron chi connectivity index (χ4n) is 1.34. The van der Waals surface area contributed by atoms with Gasteiger partial charge in [-0.3, -0.25) is 0 Å². The van der Waals surface area contributed by atoms with Crippen LogP contribution in [0.5, 0.6) is 5.75 Å². The van der Waals surface area contributed by atoms with Gasteiger partial charge in [-0.25, -0.2) is 0 Å². The maximum atomic E-state index is 10.4. The highest BCUT2D eigenvalue weighted by atomic mass is 16.5. The molecule has 15 heavy (non-hydrogen) atoms. The minimum absolute atomic E-state index is 0.0738. The number of benzene rings is 1. The van der Waals surface area contributed by atoms with Gasteiger partial charge in [-0.05, 0) is 19.1 Å². The Hall–Kier alpha value is -1.55. The summed E-state index contributed by atoms with van der Waals surface area (Å²) in [6, 6.07) is 7.01. The zero-order valence-electron chi connectivity index (χ0n) is 8.73. The molecular formula is C11H15NO3. The molecule has 0 saturated carbocycles. The van der Waals surface area contributed by atoms with E-state index in [-0.39, 0.29) is 12.5 Å². The first-order chi connectivity index (χ1) is 7.13. The Balaban J connectivity index is 2.75. The molecule has 0 aliphatic carbocycles. The number of hydrogen-bond donors (Lipinski definition) is 1. The molecule has 0 amide bonds. The van der Waals surface area contributed by atoms with Gasteiger partial charge in [-0.15, -0.1) is 0 Å². The van der Waals surface area contributed by atoms with E-state index < -0.39 is 5.97 Å². The molecule has 0 bridgehead atoms. The first-order valence-corrected chi connectivity index (χ1v) is 4.89. The molecule has 0 aliphatic heterocycles. The van der Waals surface area contributed by atoms with Crippen LogP contribution in [0.1, 0.15) is 24.9 Å². The molecule has 4 heteroatoms. The van der Waals surface area contributed by atoms with Crippen molar-refractivity contribution in [2.45, 2.75) is 19.4 Å². The maximum absolute atomic E-state index is 10.4. The lowest BCUT2D eigenvalue weighted by atomic mass is 10.0. The second kappa shape index (κ2) is 5.36. The van der Waals surface area contributed by atoms with E-state index in [2.05, 4.69) is 5.73 Å². The van der Waals surface area contributed by atoms with Gasteiger partial charge in [0.2, 0.25) is 0 Å².